The quantitative estimate of drug-likeness (QED) is 0.742. The summed E-state index contributed by atoms with van der Waals surface area (Å²) in [6, 6.07) is 9.62. The lowest BCUT2D eigenvalue weighted by Gasteiger charge is -2.09. The highest BCUT2D eigenvalue weighted by molar-refractivity contribution is 9.10. The maximum absolute atomic E-state index is 12.2. The number of nitrogen functional groups attached to an aromatic ring is 1. The van der Waals surface area contributed by atoms with Crippen LogP contribution in [0, 0.1) is 6.92 Å². The molecule has 0 fully saturated rings. The van der Waals surface area contributed by atoms with Crippen molar-refractivity contribution in [1.82, 2.24) is 0 Å². The zero-order valence-electron chi connectivity index (χ0n) is 11.2. The number of hydrogen-bond acceptors (Lipinski definition) is 3. The summed E-state index contributed by atoms with van der Waals surface area (Å²) in [5.41, 5.74) is 7.88. The van der Waals surface area contributed by atoms with Gasteiger partial charge in [0.25, 0.3) is 5.91 Å². The molecule has 0 aromatic heterocycles. The fourth-order valence-corrected chi connectivity index (χ4v) is 2.34. The van der Waals surface area contributed by atoms with Crippen molar-refractivity contribution in [2.24, 2.45) is 0 Å². The van der Waals surface area contributed by atoms with E-state index < -0.39 is 5.97 Å². The predicted molar refractivity (Wildman–Crippen MR) is 84.6 cm³/mol. The van der Waals surface area contributed by atoms with E-state index >= 15 is 0 Å². The Kier molecular flexibility index (Phi) is 4.28. The van der Waals surface area contributed by atoms with Crippen LogP contribution in [-0.2, 0) is 0 Å². The summed E-state index contributed by atoms with van der Waals surface area (Å²) in [5.74, 6) is -1.45. The van der Waals surface area contributed by atoms with Gasteiger partial charge in [-0.15, -0.1) is 0 Å². The minimum absolute atomic E-state index is 0.0805. The van der Waals surface area contributed by atoms with Gasteiger partial charge >= 0.3 is 5.97 Å². The lowest BCUT2D eigenvalue weighted by atomic mass is 10.1. The smallest absolute Gasteiger partial charge is 0.335 e. The third kappa shape index (κ3) is 3.61. The number of aryl methyl sites for hydroxylation is 1. The van der Waals surface area contributed by atoms with E-state index in [4.69, 9.17) is 10.8 Å². The minimum atomic E-state index is -1.07. The van der Waals surface area contributed by atoms with Gasteiger partial charge in [0.05, 0.1) is 11.1 Å². The Morgan fingerprint density at radius 3 is 2.57 bits per heavy atom. The maximum Gasteiger partial charge on any atom is 0.335 e. The fourth-order valence-electron chi connectivity index (χ4n) is 1.85. The van der Waals surface area contributed by atoms with Crippen LogP contribution in [0.1, 0.15) is 26.3 Å². The molecule has 0 aliphatic heterocycles. The summed E-state index contributed by atoms with van der Waals surface area (Å²) >= 11 is 3.21. The molecular weight excluding hydrogens is 336 g/mol. The van der Waals surface area contributed by atoms with Gasteiger partial charge in [0.2, 0.25) is 0 Å². The lowest BCUT2D eigenvalue weighted by molar-refractivity contribution is 0.0696. The van der Waals surface area contributed by atoms with Crippen molar-refractivity contribution in [3.8, 4) is 0 Å². The van der Waals surface area contributed by atoms with Crippen LogP contribution in [0.15, 0.2) is 40.9 Å². The number of aromatic carboxylic acids is 1. The van der Waals surface area contributed by atoms with E-state index in [1.807, 2.05) is 13.0 Å². The lowest BCUT2D eigenvalue weighted by Crippen LogP contribution is -2.14. The average molecular weight is 349 g/mol. The number of halogens is 1. The number of carboxylic acids is 1. The van der Waals surface area contributed by atoms with Crippen LogP contribution in [0.2, 0.25) is 0 Å². The van der Waals surface area contributed by atoms with E-state index in [9.17, 15) is 9.59 Å². The summed E-state index contributed by atoms with van der Waals surface area (Å²) in [4.78, 5) is 23.2. The molecule has 0 heterocycles. The van der Waals surface area contributed by atoms with Crippen molar-refractivity contribution >= 4 is 39.2 Å². The van der Waals surface area contributed by atoms with Gasteiger partial charge in [-0.3, -0.25) is 4.79 Å². The van der Waals surface area contributed by atoms with Gasteiger partial charge in [0, 0.05) is 15.8 Å². The molecule has 2 rings (SSSR count). The first-order valence-corrected chi connectivity index (χ1v) is 6.87. The largest absolute Gasteiger partial charge is 0.478 e. The van der Waals surface area contributed by atoms with Crippen molar-refractivity contribution in [3.05, 3.63) is 57.6 Å². The van der Waals surface area contributed by atoms with Crippen LogP contribution in [0.25, 0.3) is 0 Å². The van der Waals surface area contributed by atoms with E-state index in [0.29, 0.717) is 21.4 Å². The van der Waals surface area contributed by atoms with Crippen LogP contribution in [0.3, 0.4) is 0 Å². The van der Waals surface area contributed by atoms with Gasteiger partial charge in [-0.25, -0.2) is 4.79 Å². The predicted octanol–water partition coefficient (Wildman–Crippen LogP) is 3.29. The normalized spacial score (nSPS) is 10.2. The Morgan fingerprint density at radius 1 is 1.19 bits per heavy atom. The van der Waals surface area contributed by atoms with Gasteiger partial charge in [-0.2, -0.15) is 0 Å². The number of carbonyl (C=O) groups is 2. The van der Waals surface area contributed by atoms with E-state index in [-0.39, 0.29) is 11.5 Å². The number of anilines is 2. The van der Waals surface area contributed by atoms with Crippen LogP contribution < -0.4 is 11.1 Å². The van der Waals surface area contributed by atoms with Crippen molar-refractivity contribution in [2.75, 3.05) is 11.1 Å². The van der Waals surface area contributed by atoms with E-state index in [0.717, 1.165) is 5.56 Å². The zero-order chi connectivity index (χ0) is 15.6. The third-order valence-electron chi connectivity index (χ3n) is 2.86. The van der Waals surface area contributed by atoms with Crippen LogP contribution in [0.4, 0.5) is 11.4 Å². The molecule has 0 aliphatic carbocycles. The average Bonchev–Trinajstić information content (AvgIpc) is 2.40. The van der Waals surface area contributed by atoms with Gasteiger partial charge in [-0.05, 0) is 37.3 Å². The molecule has 108 valence electrons. The van der Waals surface area contributed by atoms with Crippen molar-refractivity contribution < 1.29 is 14.7 Å². The van der Waals surface area contributed by atoms with Crippen molar-refractivity contribution in [1.29, 1.82) is 0 Å². The highest BCUT2D eigenvalue weighted by atomic mass is 79.9. The molecule has 0 saturated heterocycles. The molecule has 6 heteroatoms. The van der Waals surface area contributed by atoms with Crippen LogP contribution in [0.5, 0.6) is 0 Å². The van der Waals surface area contributed by atoms with Gasteiger partial charge in [-0.1, -0.05) is 27.6 Å². The molecular formula is C15H13BrN2O3. The first-order chi connectivity index (χ1) is 9.86. The fraction of sp³-hybridized carbons (Fsp3) is 0.0667. The Balaban J connectivity index is 2.31. The maximum atomic E-state index is 12.2. The van der Waals surface area contributed by atoms with Gasteiger partial charge in [0.1, 0.15) is 0 Å². The molecule has 2 aromatic carbocycles. The van der Waals surface area contributed by atoms with Crippen molar-refractivity contribution in [2.45, 2.75) is 6.92 Å². The molecule has 5 nitrogen and oxygen atoms in total. The third-order valence-corrected chi connectivity index (χ3v) is 3.31. The second kappa shape index (κ2) is 5.97. The molecule has 0 spiro atoms. The van der Waals surface area contributed by atoms with Crippen molar-refractivity contribution in [3.63, 3.8) is 0 Å². The Labute approximate surface area is 129 Å². The molecule has 0 atom stereocenters. The van der Waals surface area contributed by atoms with Crippen LogP contribution in [-0.4, -0.2) is 17.0 Å². The number of amides is 1. The summed E-state index contributed by atoms with van der Waals surface area (Å²) in [6.45, 7) is 1.86. The second-order valence-corrected chi connectivity index (χ2v) is 5.49. The van der Waals surface area contributed by atoms with E-state index in [1.54, 1.807) is 18.2 Å². The molecule has 0 saturated carbocycles. The van der Waals surface area contributed by atoms with E-state index in [2.05, 4.69) is 21.2 Å². The summed E-state index contributed by atoms with van der Waals surface area (Å²) in [7, 11) is 0. The monoisotopic (exact) mass is 348 g/mol. The number of hydrogen-bond donors (Lipinski definition) is 3. The molecule has 0 radical (unpaired) electrons. The Morgan fingerprint density at radius 2 is 1.90 bits per heavy atom. The molecule has 0 bridgehead atoms. The summed E-state index contributed by atoms with van der Waals surface area (Å²) < 4.78 is 0.565. The Hall–Kier alpha value is -2.34. The second-order valence-electron chi connectivity index (χ2n) is 4.58. The molecule has 21 heavy (non-hydrogen) atoms. The highest BCUT2D eigenvalue weighted by Gasteiger charge is 2.12. The van der Waals surface area contributed by atoms with Gasteiger partial charge in [0.15, 0.2) is 0 Å². The summed E-state index contributed by atoms with van der Waals surface area (Å²) in [6.07, 6.45) is 0. The van der Waals surface area contributed by atoms with Gasteiger partial charge < -0.3 is 16.2 Å². The number of benzene rings is 2. The first kappa shape index (κ1) is 15.1. The minimum Gasteiger partial charge on any atom is -0.478 e. The number of nitrogens with two attached hydrogens (primary N) is 1. The topological polar surface area (TPSA) is 92.4 Å². The highest BCUT2D eigenvalue weighted by Crippen LogP contribution is 2.21. The number of carboxylic acid groups (broad SMARTS) is 1. The molecule has 2 aromatic rings. The molecule has 0 aliphatic rings. The van der Waals surface area contributed by atoms with Crippen LogP contribution >= 0.6 is 15.9 Å². The molecule has 0 unspecified atom stereocenters. The number of rotatable bonds is 3. The summed E-state index contributed by atoms with van der Waals surface area (Å²) in [5, 5.41) is 11.7. The SMILES string of the molecule is Cc1ccc(N)c(C(=O)Nc2cc(Br)cc(C(=O)O)c2)c1. The number of carbonyl (C=O) groups excluding carboxylic acids is 1. The molecule has 1 amide bonds. The standard InChI is InChI=1S/C15H13BrN2O3/c1-8-2-3-13(17)12(4-8)14(19)18-11-6-9(15(20)21)5-10(16)7-11/h2-7H,17H2,1H3,(H,18,19)(H,20,21). The number of nitrogens with one attached hydrogen (secondary N) is 1. The first-order valence-electron chi connectivity index (χ1n) is 6.08. The zero-order valence-corrected chi connectivity index (χ0v) is 12.8. The molecule has 4 N–H and O–H groups in total. The van der Waals surface area contributed by atoms with E-state index in [1.165, 1.54) is 12.1 Å². The Bertz CT molecular complexity index is 729.